The summed E-state index contributed by atoms with van der Waals surface area (Å²) >= 11 is 0. The Morgan fingerprint density at radius 1 is 1.39 bits per heavy atom. The van der Waals surface area contributed by atoms with E-state index in [0.717, 1.165) is 32.4 Å². The number of carbonyl (C=O) groups is 2. The maximum atomic E-state index is 12.9. The number of ether oxygens (including phenoxy) is 1. The third-order valence-electron chi connectivity index (χ3n) is 4.96. The minimum absolute atomic E-state index is 0.0826. The first-order chi connectivity index (χ1) is 11.1. The first kappa shape index (κ1) is 15.8. The van der Waals surface area contributed by atoms with Gasteiger partial charge in [-0.2, -0.15) is 0 Å². The van der Waals surface area contributed by atoms with E-state index >= 15 is 0 Å². The van der Waals surface area contributed by atoms with Crippen molar-refractivity contribution in [2.45, 2.75) is 25.7 Å². The Morgan fingerprint density at radius 3 is 3.09 bits per heavy atom. The second-order valence-electron chi connectivity index (χ2n) is 6.47. The van der Waals surface area contributed by atoms with Crippen LogP contribution in [0, 0.1) is 11.3 Å². The van der Waals surface area contributed by atoms with Crippen molar-refractivity contribution >= 4 is 17.5 Å². The quantitative estimate of drug-likeness (QED) is 0.762. The molecule has 0 aromatic heterocycles. The van der Waals surface area contributed by atoms with Crippen LogP contribution in [0.4, 0.5) is 5.69 Å². The summed E-state index contributed by atoms with van der Waals surface area (Å²) in [5.41, 5.74) is 5.47. The fraction of sp³-hybridized carbons (Fsp3) is 0.529. The van der Waals surface area contributed by atoms with E-state index < -0.39 is 5.91 Å². The van der Waals surface area contributed by atoms with E-state index in [1.54, 1.807) is 18.2 Å². The van der Waals surface area contributed by atoms with Crippen LogP contribution < -0.4 is 21.1 Å². The summed E-state index contributed by atoms with van der Waals surface area (Å²) in [6.07, 6.45) is 4.36. The van der Waals surface area contributed by atoms with Gasteiger partial charge in [-0.1, -0.05) is 18.9 Å². The first-order valence-electron chi connectivity index (χ1n) is 8.13. The lowest BCUT2D eigenvalue weighted by Crippen LogP contribution is -2.44. The highest BCUT2D eigenvalue weighted by molar-refractivity contribution is 5.96. The van der Waals surface area contributed by atoms with Gasteiger partial charge in [0.15, 0.2) is 6.61 Å². The van der Waals surface area contributed by atoms with Crippen LogP contribution >= 0.6 is 0 Å². The molecule has 1 aromatic carbocycles. The Morgan fingerprint density at radius 2 is 2.26 bits per heavy atom. The Labute approximate surface area is 135 Å². The first-order valence-corrected chi connectivity index (χ1v) is 8.13. The highest BCUT2D eigenvalue weighted by Gasteiger charge is 2.49. The Kier molecular flexibility index (Phi) is 4.52. The van der Waals surface area contributed by atoms with Gasteiger partial charge >= 0.3 is 0 Å². The van der Waals surface area contributed by atoms with E-state index in [1.165, 1.54) is 6.42 Å². The molecule has 23 heavy (non-hydrogen) atoms. The Hall–Kier alpha value is -2.08. The molecule has 1 aromatic rings. The SMILES string of the molecule is NC(=O)COc1cccc(NC(=O)[C@@]23CCCC[C@H]2CNC3)c1. The normalized spacial score (nSPS) is 26.3. The topological polar surface area (TPSA) is 93.5 Å². The van der Waals surface area contributed by atoms with E-state index in [4.69, 9.17) is 10.5 Å². The summed E-state index contributed by atoms with van der Waals surface area (Å²) in [6, 6.07) is 7.07. The van der Waals surface area contributed by atoms with Crippen LogP contribution in [-0.4, -0.2) is 31.5 Å². The van der Waals surface area contributed by atoms with Crippen LogP contribution in [0.5, 0.6) is 5.75 Å². The minimum atomic E-state index is -0.527. The standard InChI is InChI=1S/C17H23N3O3/c18-15(21)10-23-14-6-3-5-13(8-14)20-16(22)17-7-2-1-4-12(17)9-19-11-17/h3,5-6,8,12,19H,1-2,4,7,9-11H2,(H2,18,21)(H,20,22)/t12-,17+/m0/s1. The zero-order chi connectivity index (χ0) is 16.3. The molecule has 1 aliphatic carbocycles. The number of hydrogen-bond donors (Lipinski definition) is 3. The van der Waals surface area contributed by atoms with Crippen LogP contribution in [-0.2, 0) is 9.59 Å². The molecule has 0 bridgehead atoms. The molecule has 6 heteroatoms. The molecule has 6 nitrogen and oxygen atoms in total. The molecule has 2 atom stereocenters. The van der Waals surface area contributed by atoms with E-state index in [9.17, 15) is 9.59 Å². The lowest BCUT2D eigenvalue weighted by molar-refractivity contribution is -0.128. The number of nitrogens with two attached hydrogens (primary N) is 1. The monoisotopic (exact) mass is 317 g/mol. The number of amides is 2. The minimum Gasteiger partial charge on any atom is -0.484 e. The van der Waals surface area contributed by atoms with Crippen LogP contribution in [0.2, 0.25) is 0 Å². The maximum Gasteiger partial charge on any atom is 0.255 e. The van der Waals surface area contributed by atoms with Crippen molar-refractivity contribution in [2.24, 2.45) is 17.1 Å². The molecule has 1 heterocycles. The highest BCUT2D eigenvalue weighted by Crippen LogP contribution is 2.44. The molecule has 1 aliphatic heterocycles. The second kappa shape index (κ2) is 6.58. The Bertz CT molecular complexity index is 605. The van der Waals surface area contributed by atoms with Crippen molar-refractivity contribution in [3.8, 4) is 5.75 Å². The molecule has 1 saturated heterocycles. The lowest BCUT2D eigenvalue weighted by Gasteiger charge is -2.37. The summed E-state index contributed by atoms with van der Waals surface area (Å²) in [4.78, 5) is 23.7. The van der Waals surface area contributed by atoms with Gasteiger partial charge in [0.1, 0.15) is 5.75 Å². The molecule has 0 spiro atoms. The molecule has 0 radical (unpaired) electrons. The van der Waals surface area contributed by atoms with E-state index in [1.807, 2.05) is 6.07 Å². The highest BCUT2D eigenvalue weighted by atomic mass is 16.5. The number of fused-ring (bicyclic) bond motifs is 1. The van der Waals surface area contributed by atoms with Gasteiger partial charge < -0.3 is 21.1 Å². The largest absolute Gasteiger partial charge is 0.484 e. The van der Waals surface area contributed by atoms with Crippen molar-refractivity contribution in [1.82, 2.24) is 5.32 Å². The van der Waals surface area contributed by atoms with E-state index in [0.29, 0.717) is 17.4 Å². The third kappa shape index (κ3) is 3.32. The molecule has 2 amide bonds. The van der Waals surface area contributed by atoms with Gasteiger partial charge in [0.25, 0.3) is 5.91 Å². The average molecular weight is 317 g/mol. The molecule has 4 N–H and O–H groups in total. The van der Waals surface area contributed by atoms with E-state index in [2.05, 4.69) is 10.6 Å². The summed E-state index contributed by atoms with van der Waals surface area (Å²) in [6.45, 7) is 1.50. The average Bonchev–Trinajstić information content (AvgIpc) is 2.98. The van der Waals surface area contributed by atoms with Crippen molar-refractivity contribution in [3.05, 3.63) is 24.3 Å². The van der Waals surface area contributed by atoms with Crippen LogP contribution in [0.15, 0.2) is 24.3 Å². The van der Waals surface area contributed by atoms with Gasteiger partial charge in [-0.05, 0) is 37.4 Å². The molecule has 2 aliphatic rings. The van der Waals surface area contributed by atoms with Crippen LogP contribution in [0.1, 0.15) is 25.7 Å². The number of primary amides is 1. The second-order valence-corrected chi connectivity index (χ2v) is 6.47. The van der Waals surface area contributed by atoms with Gasteiger partial charge in [-0.25, -0.2) is 0 Å². The molecular weight excluding hydrogens is 294 g/mol. The molecule has 1 saturated carbocycles. The summed E-state index contributed by atoms with van der Waals surface area (Å²) in [5, 5.41) is 6.41. The summed E-state index contributed by atoms with van der Waals surface area (Å²) in [7, 11) is 0. The van der Waals surface area contributed by atoms with Crippen molar-refractivity contribution in [3.63, 3.8) is 0 Å². The maximum absolute atomic E-state index is 12.9. The van der Waals surface area contributed by atoms with Crippen molar-refractivity contribution in [1.29, 1.82) is 0 Å². The summed E-state index contributed by atoms with van der Waals surface area (Å²) < 4.78 is 5.28. The van der Waals surface area contributed by atoms with E-state index in [-0.39, 0.29) is 17.9 Å². The predicted octanol–water partition coefficient (Wildman–Crippen LogP) is 1.27. The fourth-order valence-electron chi connectivity index (χ4n) is 3.76. The van der Waals surface area contributed by atoms with Gasteiger partial charge in [-0.3, -0.25) is 9.59 Å². The number of carbonyl (C=O) groups excluding carboxylic acids is 2. The number of rotatable bonds is 5. The summed E-state index contributed by atoms with van der Waals surface area (Å²) in [5.74, 6) is 0.494. The van der Waals surface area contributed by atoms with Gasteiger partial charge in [-0.15, -0.1) is 0 Å². The zero-order valence-electron chi connectivity index (χ0n) is 13.1. The molecule has 3 rings (SSSR count). The van der Waals surface area contributed by atoms with Crippen LogP contribution in [0.3, 0.4) is 0 Å². The van der Waals surface area contributed by atoms with Crippen molar-refractivity contribution in [2.75, 3.05) is 25.0 Å². The fourth-order valence-corrected chi connectivity index (χ4v) is 3.76. The predicted molar refractivity (Wildman–Crippen MR) is 87.0 cm³/mol. The van der Waals surface area contributed by atoms with Gasteiger partial charge in [0.05, 0.1) is 5.41 Å². The number of hydrogen-bond acceptors (Lipinski definition) is 4. The van der Waals surface area contributed by atoms with Crippen molar-refractivity contribution < 1.29 is 14.3 Å². The van der Waals surface area contributed by atoms with Crippen LogP contribution in [0.25, 0.3) is 0 Å². The molecule has 0 unspecified atom stereocenters. The Balaban J connectivity index is 1.70. The number of nitrogens with one attached hydrogen (secondary N) is 2. The zero-order valence-corrected chi connectivity index (χ0v) is 13.1. The molecular formula is C17H23N3O3. The number of benzene rings is 1. The number of anilines is 1. The van der Waals surface area contributed by atoms with Gasteiger partial charge in [0, 0.05) is 18.3 Å². The lowest BCUT2D eigenvalue weighted by atomic mass is 9.67. The molecule has 124 valence electrons. The third-order valence-corrected chi connectivity index (χ3v) is 4.96. The van der Waals surface area contributed by atoms with Gasteiger partial charge in [0.2, 0.25) is 5.91 Å². The smallest absolute Gasteiger partial charge is 0.255 e. The molecule has 2 fully saturated rings.